The van der Waals surface area contributed by atoms with E-state index in [1.54, 1.807) is 13.8 Å². The molecule has 0 spiro atoms. The minimum atomic E-state index is -2.94. The summed E-state index contributed by atoms with van der Waals surface area (Å²) in [4.78, 5) is 11.7. The van der Waals surface area contributed by atoms with E-state index in [1.807, 2.05) is 0 Å². The number of methoxy groups -OCH3 is 1. The topological polar surface area (TPSA) is 73.6 Å². The summed E-state index contributed by atoms with van der Waals surface area (Å²) in [6, 6.07) is 4.37. The van der Waals surface area contributed by atoms with E-state index in [1.165, 1.54) is 25.3 Å². The van der Waals surface area contributed by atoms with Crippen LogP contribution in [0.5, 0.6) is 11.5 Å². The SMILES string of the molecule is COc1ccc(OC(F)F)c(CNC(=O)C(C)(C)N)c1.Cl. The first kappa shape index (κ1) is 19.4. The number of nitrogens with one attached hydrogen (secondary N) is 1. The summed E-state index contributed by atoms with van der Waals surface area (Å²) >= 11 is 0. The van der Waals surface area contributed by atoms with Gasteiger partial charge in [0, 0.05) is 12.1 Å². The predicted molar refractivity (Wildman–Crippen MR) is 77.0 cm³/mol. The number of hydrogen-bond acceptors (Lipinski definition) is 4. The van der Waals surface area contributed by atoms with Crippen molar-refractivity contribution in [1.29, 1.82) is 0 Å². The summed E-state index contributed by atoms with van der Waals surface area (Å²) in [7, 11) is 1.45. The first-order valence-corrected chi connectivity index (χ1v) is 5.93. The smallest absolute Gasteiger partial charge is 0.387 e. The Kier molecular flexibility index (Phi) is 7.38. The number of halogens is 3. The molecule has 0 saturated carbocycles. The lowest BCUT2D eigenvalue weighted by molar-refractivity contribution is -0.125. The molecule has 1 aromatic rings. The molecule has 1 aromatic carbocycles. The van der Waals surface area contributed by atoms with Gasteiger partial charge in [-0.15, -0.1) is 12.4 Å². The third-order valence-corrected chi connectivity index (χ3v) is 2.51. The average molecular weight is 325 g/mol. The van der Waals surface area contributed by atoms with Crippen LogP contribution in [-0.4, -0.2) is 25.2 Å². The van der Waals surface area contributed by atoms with Crippen LogP contribution in [0.25, 0.3) is 0 Å². The molecular formula is C13H19ClF2N2O3. The summed E-state index contributed by atoms with van der Waals surface area (Å²) in [5.41, 5.74) is 4.95. The summed E-state index contributed by atoms with van der Waals surface area (Å²) < 4.78 is 34.0. The average Bonchev–Trinajstić information content (AvgIpc) is 2.35. The van der Waals surface area contributed by atoms with Crippen molar-refractivity contribution in [3.8, 4) is 11.5 Å². The molecule has 5 nitrogen and oxygen atoms in total. The number of rotatable bonds is 6. The fourth-order valence-corrected chi connectivity index (χ4v) is 1.44. The minimum Gasteiger partial charge on any atom is -0.497 e. The van der Waals surface area contributed by atoms with Gasteiger partial charge in [-0.25, -0.2) is 0 Å². The number of carbonyl (C=O) groups excluding carboxylic acids is 1. The van der Waals surface area contributed by atoms with Crippen LogP contribution >= 0.6 is 12.4 Å². The van der Waals surface area contributed by atoms with E-state index in [0.717, 1.165) is 0 Å². The zero-order chi connectivity index (χ0) is 15.3. The monoisotopic (exact) mass is 324 g/mol. The second-order valence-electron chi connectivity index (χ2n) is 4.76. The lowest BCUT2D eigenvalue weighted by Crippen LogP contribution is -2.48. The standard InChI is InChI=1S/C13H18F2N2O3.ClH/c1-13(2,16)11(18)17-7-8-6-9(19-3)4-5-10(8)20-12(14)15;/h4-6,12H,7,16H2,1-3H3,(H,17,18);1H. The first-order valence-electron chi connectivity index (χ1n) is 5.93. The number of alkyl halides is 2. The van der Waals surface area contributed by atoms with Gasteiger partial charge in [0.25, 0.3) is 0 Å². The van der Waals surface area contributed by atoms with E-state index in [9.17, 15) is 13.6 Å². The zero-order valence-corrected chi connectivity index (χ0v) is 12.8. The van der Waals surface area contributed by atoms with Crippen LogP contribution in [0.2, 0.25) is 0 Å². The van der Waals surface area contributed by atoms with Crippen molar-refractivity contribution in [2.45, 2.75) is 32.5 Å². The zero-order valence-electron chi connectivity index (χ0n) is 12.0. The second kappa shape index (κ2) is 7.99. The Balaban J connectivity index is 0.00000400. The van der Waals surface area contributed by atoms with E-state index in [2.05, 4.69) is 10.1 Å². The molecule has 0 heterocycles. The Hall–Kier alpha value is -1.60. The molecule has 0 bridgehead atoms. The Morgan fingerprint density at radius 3 is 2.52 bits per heavy atom. The third-order valence-electron chi connectivity index (χ3n) is 2.51. The summed E-state index contributed by atoms with van der Waals surface area (Å²) in [5.74, 6) is 0.0575. The fraction of sp³-hybridized carbons (Fsp3) is 0.462. The first-order chi connectivity index (χ1) is 9.24. The molecule has 0 radical (unpaired) electrons. The molecule has 0 atom stereocenters. The highest BCUT2D eigenvalue weighted by Crippen LogP contribution is 2.25. The Morgan fingerprint density at radius 2 is 2.05 bits per heavy atom. The van der Waals surface area contributed by atoms with Crippen molar-refractivity contribution in [2.75, 3.05) is 7.11 Å². The Morgan fingerprint density at radius 1 is 1.43 bits per heavy atom. The van der Waals surface area contributed by atoms with E-state index >= 15 is 0 Å². The normalized spacial score (nSPS) is 10.8. The maximum Gasteiger partial charge on any atom is 0.387 e. The molecule has 0 unspecified atom stereocenters. The van der Waals surface area contributed by atoms with Gasteiger partial charge in [-0.2, -0.15) is 8.78 Å². The maximum absolute atomic E-state index is 12.3. The van der Waals surface area contributed by atoms with Gasteiger partial charge in [0.15, 0.2) is 0 Å². The largest absolute Gasteiger partial charge is 0.497 e. The molecule has 0 saturated heterocycles. The molecular weight excluding hydrogens is 306 g/mol. The third kappa shape index (κ3) is 6.14. The lowest BCUT2D eigenvalue weighted by Gasteiger charge is -2.19. The molecule has 120 valence electrons. The van der Waals surface area contributed by atoms with Crippen LogP contribution in [0.4, 0.5) is 8.78 Å². The molecule has 0 aromatic heterocycles. The number of ether oxygens (including phenoxy) is 2. The molecule has 0 aliphatic heterocycles. The molecule has 21 heavy (non-hydrogen) atoms. The van der Waals surface area contributed by atoms with Crippen molar-refractivity contribution >= 4 is 18.3 Å². The molecule has 8 heteroatoms. The number of carbonyl (C=O) groups is 1. The van der Waals surface area contributed by atoms with Gasteiger partial charge < -0.3 is 20.5 Å². The van der Waals surface area contributed by atoms with Gasteiger partial charge >= 0.3 is 6.61 Å². The highest BCUT2D eigenvalue weighted by molar-refractivity contribution is 5.85. The van der Waals surface area contributed by atoms with E-state index in [-0.39, 0.29) is 24.7 Å². The highest BCUT2D eigenvalue weighted by Gasteiger charge is 2.22. The van der Waals surface area contributed by atoms with Crippen LogP contribution in [0.3, 0.4) is 0 Å². The predicted octanol–water partition coefficient (Wildman–Crippen LogP) is 2.07. The van der Waals surface area contributed by atoms with Gasteiger partial charge in [-0.3, -0.25) is 4.79 Å². The lowest BCUT2D eigenvalue weighted by atomic mass is 10.1. The fourth-order valence-electron chi connectivity index (χ4n) is 1.44. The molecule has 1 rings (SSSR count). The number of nitrogens with two attached hydrogens (primary N) is 1. The van der Waals surface area contributed by atoms with Crippen LogP contribution in [0.1, 0.15) is 19.4 Å². The molecule has 3 N–H and O–H groups in total. The quantitative estimate of drug-likeness (QED) is 0.840. The van der Waals surface area contributed by atoms with Crippen LogP contribution in [-0.2, 0) is 11.3 Å². The van der Waals surface area contributed by atoms with Crippen LogP contribution in [0, 0.1) is 0 Å². The number of hydrogen-bond donors (Lipinski definition) is 2. The summed E-state index contributed by atoms with van der Waals surface area (Å²) in [6.45, 7) is 0.164. The number of amides is 1. The Bertz CT molecular complexity index is 479. The van der Waals surface area contributed by atoms with Crippen LogP contribution < -0.4 is 20.5 Å². The van der Waals surface area contributed by atoms with Gasteiger partial charge in [-0.05, 0) is 32.0 Å². The van der Waals surface area contributed by atoms with Crippen molar-refractivity contribution in [3.63, 3.8) is 0 Å². The van der Waals surface area contributed by atoms with E-state index in [0.29, 0.717) is 11.3 Å². The van der Waals surface area contributed by atoms with Gasteiger partial charge in [-0.1, -0.05) is 0 Å². The van der Waals surface area contributed by atoms with Crippen molar-refractivity contribution in [1.82, 2.24) is 5.32 Å². The molecule has 0 aliphatic rings. The number of benzene rings is 1. The van der Waals surface area contributed by atoms with E-state index < -0.39 is 18.1 Å². The summed E-state index contributed by atoms with van der Waals surface area (Å²) in [5, 5.41) is 2.56. The van der Waals surface area contributed by atoms with Gasteiger partial charge in [0.1, 0.15) is 11.5 Å². The van der Waals surface area contributed by atoms with Crippen molar-refractivity contribution in [3.05, 3.63) is 23.8 Å². The second-order valence-corrected chi connectivity index (χ2v) is 4.76. The van der Waals surface area contributed by atoms with Gasteiger partial charge in [0.2, 0.25) is 5.91 Å². The van der Waals surface area contributed by atoms with E-state index in [4.69, 9.17) is 10.5 Å². The molecule has 0 fully saturated rings. The maximum atomic E-state index is 12.3. The van der Waals surface area contributed by atoms with Gasteiger partial charge in [0.05, 0.1) is 12.6 Å². The molecule has 0 aliphatic carbocycles. The summed E-state index contributed by atoms with van der Waals surface area (Å²) in [6.07, 6.45) is 0. The molecule has 1 amide bonds. The van der Waals surface area contributed by atoms with Crippen molar-refractivity contribution in [2.24, 2.45) is 5.73 Å². The Labute approximate surface area is 128 Å². The highest BCUT2D eigenvalue weighted by atomic mass is 35.5. The van der Waals surface area contributed by atoms with Crippen LogP contribution in [0.15, 0.2) is 18.2 Å². The van der Waals surface area contributed by atoms with Crippen molar-refractivity contribution < 1.29 is 23.0 Å². The minimum absolute atomic E-state index is 0.